The number of hydrogen-bond donors (Lipinski definition) is 2. The fraction of sp³-hybridized carbons (Fsp3) is 0.357. The van der Waals surface area contributed by atoms with Crippen LogP contribution in [0.15, 0.2) is 60.7 Å². The van der Waals surface area contributed by atoms with Crippen molar-refractivity contribution in [2.24, 2.45) is 5.92 Å². The summed E-state index contributed by atoms with van der Waals surface area (Å²) in [5.41, 5.74) is 0.782. The minimum Gasteiger partial charge on any atom is -0.485 e. The molecule has 3 aromatic rings. The highest BCUT2D eigenvalue weighted by atomic mass is 32.1. The number of benzene rings is 2. The van der Waals surface area contributed by atoms with E-state index in [1.54, 1.807) is 6.07 Å². The van der Waals surface area contributed by atoms with Gasteiger partial charge in [-0.05, 0) is 60.4 Å². The van der Waals surface area contributed by atoms with Crippen molar-refractivity contribution in [3.05, 3.63) is 76.0 Å². The predicted octanol–water partition coefficient (Wildman–Crippen LogP) is 7.34. The summed E-state index contributed by atoms with van der Waals surface area (Å²) in [6.07, 6.45) is 0.718. The molecule has 5 nitrogen and oxygen atoms in total. The van der Waals surface area contributed by atoms with Crippen LogP contribution in [0.1, 0.15) is 64.7 Å². The van der Waals surface area contributed by atoms with Crippen molar-refractivity contribution in [2.75, 3.05) is 6.54 Å². The molecule has 0 radical (unpaired) electrons. The van der Waals surface area contributed by atoms with Crippen LogP contribution in [0.2, 0.25) is 0 Å². The first-order valence-electron chi connectivity index (χ1n) is 12.2. The molecule has 1 fully saturated rings. The zero-order valence-corrected chi connectivity index (χ0v) is 20.9. The number of thiophene rings is 1. The minimum atomic E-state index is -4.37. The first kappa shape index (κ1) is 26.7. The van der Waals surface area contributed by atoms with Crippen molar-refractivity contribution < 1.29 is 32.6 Å². The minimum absolute atomic E-state index is 0.0647. The highest BCUT2D eigenvalue weighted by Gasteiger charge is 2.30. The molecule has 0 bridgehead atoms. The van der Waals surface area contributed by atoms with Gasteiger partial charge in [0.1, 0.15) is 11.9 Å². The van der Waals surface area contributed by atoms with Crippen LogP contribution in [0.3, 0.4) is 0 Å². The van der Waals surface area contributed by atoms with E-state index in [2.05, 4.69) is 5.32 Å². The smallest absolute Gasteiger partial charge is 0.416 e. The average molecular weight is 532 g/mol. The Hall–Kier alpha value is -3.33. The summed E-state index contributed by atoms with van der Waals surface area (Å²) in [6.45, 7) is 0.0647. The Morgan fingerprint density at radius 2 is 1.57 bits per heavy atom. The third kappa shape index (κ3) is 7.13. The molecular formula is C28H28F3NO4S. The largest absolute Gasteiger partial charge is 0.485 e. The summed E-state index contributed by atoms with van der Waals surface area (Å²) in [5.74, 6) is -0.333. The highest BCUT2D eigenvalue weighted by Crippen LogP contribution is 2.40. The lowest BCUT2D eigenvalue weighted by Gasteiger charge is -2.30. The topological polar surface area (TPSA) is 75.6 Å². The number of halogens is 3. The van der Waals surface area contributed by atoms with E-state index in [4.69, 9.17) is 9.84 Å². The van der Waals surface area contributed by atoms with Gasteiger partial charge in [-0.15, -0.1) is 11.3 Å². The maximum absolute atomic E-state index is 12.9. The molecule has 1 amide bonds. The Bertz CT molecular complexity index is 1200. The van der Waals surface area contributed by atoms with Crippen LogP contribution in [0.5, 0.6) is 5.75 Å². The van der Waals surface area contributed by atoms with E-state index in [1.165, 1.54) is 29.9 Å². The maximum Gasteiger partial charge on any atom is 0.416 e. The van der Waals surface area contributed by atoms with Crippen molar-refractivity contribution in [1.29, 1.82) is 0 Å². The SMILES string of the molecule is O=C(O)CCNC(=O)c1ccc(C(Oc2ccc(-c3ccc(C(F)(F)F)cc3)cc2)C2CCCCC2)s1. The summed E-state index contributed by atoms with van der Waals surface area (Å²) in [4.78, 5) is 24.6. The molecule has 1 aliphatic carbocycles. The molecule has 2 aromatic carbocycles. The fourth-order valence-electron chi connectivity index (χ4n) is 4.55. The number of carbonyl (C=O) groups excluding carboxylic acids is 1. The van der Waals surface area contributed by atoms with Gasteiger partial charge in [0.05, 0.1) is 16.9 Å². The number of ether oxygens (including phenoxy) is 1. The van der Waals surface area contributed by atoms with Crippen molar-refractivity contribution >= 4 is 23.2 Å². The zero-order chi connectivity index (χ0) is 26.4. The van der Waals surface area contributed by atoms with E-state index in [0.29, 0.717) is 22.1 Å². The quantitative estimate of drug-likeness (QED) is 0.303. The molecule has 196 valence electrons. The van der Waals surface area contributed by atoms with Crippen molar-refractivity contribution in [3.63, 3.8) is 0 Å². The Morgan fingerprint density at radius 1 is 0.946 bits per heavy atom. The molecule has 1 heterocycles. The normalized spacial score (nSPS) is 15.2. The third-order valence-electron chi connectivity index (χ3n) is 6.50. The molecule has 0 saturated heterocycles. The summed E-state index contributed by atoms with van der Waals surface area (Å²) in [6, 6.07) is 16.0. The number of nitrogens with one attached hydrogen (secondary N) is 1. The Morgan fingerprint density at radius 3 is 2.16 bits per heavy atom. The number of amides is 1. The summed E-state index contributed by atoms with van der Waals surface area (Å²) in [7, 11) is 0. The Kier molecular flexibility index (Phi) is 8.53. The molecule has 9 heteroatoms. The highest BCUT2D eigenvalue weighted by molar-refractivity contribution is 7.14. The number of rotatable bonds is 9. The summed E-state index contributed by atoms with van der Waals surface area (Å²) >= 11 is 1.35. The van der Waals surface area contributed by atoms with Gasteiger partial charge in [-0.25, -0.2) is 0 Å². The van der Waals surface area contributed by atoms with E-state index in [0.717, 1.165) is 48.3 Å². The van der Waals surface area contributed by atoms with E-state index in [9.17, 15) is 22.8 Å². The molecular weight excluding hydrogens is 503 g/mol. The molecule has 1 saturated carbocycles. The second-order valence-electron chi connectivity index (χ2n) is 9.14. The van der Waals surface area contributed by atoms with E-state index < -0.39 is 17.7 Å². The number of hydrogen-bond acceptors (Lipinski definition) is 4. The molecule has 1 aromatic heterocycles. The van der Waals surface area contributed by atoms with Crippen LogP contribution in [-0.2, 0) is 11.0 Å². The van der Waals surface area contributed by atoms with Gasteiger partial charge >= 0.3 is 12.1 Å². The lowest BCUT2D eigenvalue weighted by atomic mass is 9.84. The molecule has 1 unspecified atom stereocenters. The van der Waals surface area contributed by atoms with Gasteiger partial charge in [0.15, 0.2) is 0 Å². The van der Waals surface area contributed by atoms with Gasteiger partial charge < -0.3 is 15.2 Å². The Labute approximate surface area is 217 Å². The van der Waals surface area contributed by atoms with Crippen molar-refractivity contribution in [3.8, 4) is 16.9 Å². The first-order chi connectivity index (χ1) is 17.7. The number of carboxylic acid groups (broad SMARTS) is 1. The number of carboxylic acids is 1. The van der Waals surface area contributed by atoms with Crippen LogP contribution < -0.4 is 10.1 Å². The third-order valence-corrected chi connectivity index (χ3v) is 7.64. The summed E-state index contributed by atoms with van der Waals surface area (Å²) in [5, 5.41) is 11.4. The molecule has 0 aliphatic heterocycles. The molecule has 0 spiro atoms. The molecule has 4 rings (SSSR count). The van der Waals surface area contributed by atoms with Crippen LogP contribution in [-0.4, -0.2) is 23.5 Å². The van der Waals surface area contributed by atoms with Gasteiger partial charge in [0, 0.05) is 17.3 Å². The van der Waals surface area contributed by atoms with E-state index in [1.807, 2.05) is 30.3 Å². The van der Waals surface area contributed by atoms with Crippen LogP contribution >= 0.6 is 11.3 Å². The van der Waals surface area contributed by atoms with Gasteiger partial charge in [-0.2, -0.15) is 13.2 Å². The lowest BCUT2D eigenvalue weighted by molar-refractivity contribution is -0.138. The Balaban J connectivity index is 1.49. The number of aliphatic carboxylic acids is 1. The number of carbonyl (C=O) groups is 2. The second-order valence-corrected chi connectivity index (χ2v) is 10.3. The predicted molar refractivity (Wildman–Crippen MR) is 136 cm³/mol. The van der Waals surface area contributed by atoms with Gasteiger partial charge in [0.25, 0.3) is 5.91 Å². The fourth-order valence-corrected chi connectivity index (χ4v) is 5.59. The standard InChI is InChI=1S/C28H28F3NO4S/c29-28(30,31)21-10-6-18(7-11-21)19-8-12-22(13-9-19)36-26(20-4-2-1-3-5-20)23-14-15-24(37-23)27(35)32-17-16-25(33)34/h6-15,20,26H,1-5,16-17H2,(H,32,35)(H,33,34). The van der Waals surface area contributed by atoms with Gasteiger partial charge in [0.2, 0.25) is 0 Å². The summed E-state index contributed by atoms with van der Waals surface area (Å²) < 4.78 is 45.0. The molecule has 37 heavy (non-hydrogen) atoms. The number of alkyl halides is 3. The lowest BCUT2D eigenvalue weighted by Crippen LogP contribution is -2.25. The van der Waals surface area contributed by atoms with Crippen LogP contribution in [0.25, 0.3) is 11.1 Å². The van der Waals surface area contributed by atoms with Crippen molar-refractivity contribution in [1.82, 2.24) is 5.32 Å². The van der Waals surface area contributed by atoms with Gasteiger partial charge in [-0.3, -0.25) is 9.59 Å². The second kappa shape index (κ2) is 11.8. The molecule has 1 atom stereocenters. The monoisotopic (exact) mass is 531 g/mol. The average Bonchev–Trinajstić information content (AvgIpc) is 3.38. The molecule has 1 aliphatic rings. The zero-order valence-electron chi connectivity index (χ0n) is 20.1. The van der Waals surface area contributed by atoms with E-state index >= 15 is 0 Å². The van der Waals surface area contributed by atoms with E-state index in [-0.39, 0.29) is 25.0 Å². The maximum atomic E-state index is 12.9. The van der Waals surface area contributed by atoms with Crippen LogP contribution in [0.4, 0.5) is 13.2 Å². The van der Waals surface area contributed by atoms with Gasteiger partial charge in [-0.1, -0.05) is 43.5 Å². The van der Waals surface area contributed by atoms with Crippen LogP contribution in [0, 0.1) is 5.92 Å². The molecule has 2 N–H and O–H groups in total. The first-order valence-corrected chi connectivity index (χ1v) is 13.1. The van der Waals surface area contributed by atoms with Crippen molar-refractivity contribution in [2.45, 2.75) is 50.8 Å².